The summed E-state index contributed by atoms with van der Waals surface area (Å²) in [6.45, 7) is 10.2. The first-order valence-corrected chi connectivity index (χ1v) is 7.96. The monoisotopic (exact) mass is 299 g/mol. The number of rotatable bonds is 4. The molecule has 0 saturated heterocycles. The molecule has 3 rings (SSSR count). The molecule has 0 aromatic carbocycles. The molecule has 118 valence electrons. The molecule has 0 amide bonds. The van der Waals surface area contributed by atoms with Crippen molar-refractivity contribution in [1.29, 1.82) is 0 Å². The zero-order chi connectivity index (χ0) is 15.7. The van der Waals surface area contributed by atoms with Crippen LogP contribution in [0.5, 0.6) is 0 Å². The lowest BCUT2D eigenvalue weighted by molar-refractivity contribution is 0.258. The summed E-state index contributed by atoms with van der Waals surface area (Å²) in [6.07, 6.45) is 2.03. The lowest BCUT2D eigenvalue weighted by Crippen LogP contribution is -2.36. The predicted octanol–water partition coefficient (Wildman–Crippen LogP) is 2.45. The van der Waals surface area contributed by atoms with Crippen molar-refractivity contribution in [3.63, 3.8) is 0 Å². The van der Waals surface area contributed by atoms with E-state index in [1.165, 1.54) is 5.69 Å². The van der Waals surface area contributed by atoms with Gasteiger partial charge in [0.25, 0.3) is 0 Å². The molecule has 0 atom stereocenters. The van der Waals surface area contributed by atoms with Crippen LogP contribution >= 0.6 is 0 Å². The van der Waals surface area contributed by atoms with Crippen molar-refractivity contribution in [3.8, 4) is 0 Å². The van der Waals surface area contributed by atoms with Crippen LogP contribution in [-0.2, 0) is 19.6 Å². The number of fused-ring (bicyclic) bond motifs is 1. The molecule has 3 heterocycles. The van der Waals surface area contributed by atoms with Gasteiger partial charge in [0.05, 0.1) is 12.2 Å². The van der Waals surface area contributed by atoms with Crippen molar-refractivity contribution < 1.29 is 0 Å². The summed E-state index contributed by atoms with van der Waals surface area (Å²) in [4.78, 5) is 13.9. The standard InChI is InChI=1S/C17H25N5/c1-13(2)20(4)11-15-10-18-17-12-21(8-9-22(15)17)16-7-5-6-14(3)19-16/h5-7,10,13H,8-9,11-12H2,1-4H3. The lowest BCUT2D eigenvalue weighted by Gasteiger charge is -2.30. The highest BCUT2D eigenvalue weighted by Gasteiger charge is 2.21. The summed E-state index contributed by atoms with van der Waals surface area (Å²) < 4.78 is 2.37. The van der Waals surface area contributed by atoms with E-state index < -0.39 is 0 Å². The van der Waals surface area contributed by atoms with Gasteiger partial charge in [0.15, 0.2) is 0 Å². The van der Waals surface area contributed by atoms with Crippen molar-refractivity contribution in [2.24, 2.45) is 0 Å². The zero-order valence-electron chi connectivity index (χ0n) is 14.0. The number of anilines is 1. The molecule has 0 saturated carbocycles. The normalized spacial score (nSPS) is 14.7. The van der Waals surface area contributed by atoms with Gasteiger partial charge in [-0.15, -0.1) is 0 Å². The number of aryl methyl sites for hydroxylation is 1. The highest BCUT2D eigenvalue weighted by Crippen LogP contribution is 2.20. The second-order valence-corrected chi connectivity index (χ2v) is 6.38. The molecule has 1 aliphatic rings. The number of aromatic nitrogens is 3. The molecule has 0 unspecified atom stereocenters. The molecule has 0 bridgehead atoms. The Hall–Kier alpha value is -1.88. The second-order valence-electron chi connectivity index (χ2n) is 6.38. The van der Waals surface area contributed by atoms with Crippen LogP contribution in [0.2, 0.25) is 0 Å². The zero-order valence-corrected chi connectivity index (χ0v) is 14.0. The molecular weight excluding hydrogens is 274 g/mol. The van der Waals surface area contributed by atoms with Gasteiger partial charge in [-0.2, -0.15) is 0 Å². The Morgan fingerprint density at radius 1 is 1.27 bits per heavy atom. The number of imidazole rings is 1. The van der Waals surface area contributed by atoms with Gasteiger partial charge in [-0.3, -0.25) is 4.90 Å². The summed E-state index contributed by atoms with van der Waals surface area (Å²) in [5.74, 6) is 2.19. The van der Waals surface area contributed by atoms with Crippen LogP contribution in [0.3, 0.4) is 0 Å². The van der Waals surface area contributed by atoms with Crippen molar-refractivity contribution in [2.75, 3.05) is 18.5 Å². The molecule has 0 spiro atoms. The molecule has 5 nitrogen and oxygen atoms in total. The minimum atomic E-state index is 0.544. The molecule has 2 aromatic heterocycles. The molecule has 1 aliphatic heterocycles. The van der Waals surface area contributed by atoms with Gasteiger partial charge in [-0.25, -0.2) is 9.97 Å². The Balaban J connectivity index is 1.76. The van der Waals surface area contributed by atoms with E-state index in [2.05, 4.69) is 57.4 Å². The van der Waals surface area contributed by atoms with E-state index in [1.807, 2.05) is 19.2 Å². The summed E-state index contributed by atoms with van der Waals surface area (Å²) in [6, 6.07) is 6.73. The SMILES string of the molecule is Cc1cccc(N2CCn3c(CN(C)C(C)C)cnc3C2)n1. The van der Waals surface area contributed by atoms with Gasteiger partial charge < -0.3 is 9.47 Å². The Morgan fingerprint density at radius 3 is 2.82 bits per heavy atom. The van der Waals surface area contributed by atoms with Crippen LogP contribution in [-0.4, -0.2) is 39.1 Å². The molecule has 0 aliphatic carbocycles. The fourth-order valence-electron chi connectivity index (χ4n) is 2.79. The van der Waals surface area contributed by atoms with Gasteiger partial charge in [-0.05, 0) is 40.0 Å². The van der Waals surface area contributed by atoms with E-state index in [9.17, 15) is 0 Å². The molecule has 5 heteroatoms. The smallest absolute Gasteiger partial charge is 0.129 e. The molecule has 0 radical (unpaired) electrons. The van der Waals surface area contributed by atoms with Crippen molar-refractivity contribution in [2.45, 2.75) is 46.4 Å². The largest absolute Gasteiger partial charge is 0.347 e. The average molecular weight is 299 g/mol. The van der Waals surface area contributed by atoms with E-state index in [0.29, 0.717) is 6.04 Å². The summed E-state index contributed by atoms with van der Waals surface area (Å²) >= 11 is 0. The van der Waals surface area contributed by atoms with Crippen LogP contribution in [0.15, 0.2) is 24.4 Å². The number of nitrogens with zero attached hydrogens (tertiary/aromatic N) is 5. The predicted molar refractivity (Wildman–Crippen MR) is 88.9 cm³/mol. The van der Waals surface area contributed by atoms with Gasteiger partial charge in [0.1, 0.15) is 11.6 Å². The van der Waals surface area contributed by atoms with Crippen LogP contribution in [0.4, 0.5) is 5.82 Å². The first kappa shape index (κ1) is 15.0. The van der Waals surface area contributed by atoms with E-state index >= 15 is 0 Å². The van der Waals surface area contributed by atoms with E-state index in [0.717, 1.165) is 43.5 Å². The van der Waals surface area contributed by atoms with Crippen LogP contribution in [0.1, 0.15) is 31.1 Å². The Kier molecular flexibility index (Phi) is 4.16. The number of pyridine rings is 1. The van der Waals surface area contributed by atoms with E-state index in [-0.39, 0.29) is 0 Å². The fourth-order valence-corrected chi connectivity index (χ4v) is 2.79. The topological polar surface area (TPSA) is 37.2 Å². The number of hydrogen-bond acceptors (Lipinski definition) is 4. The van der Waals surface area contributed by atoms with Crippen molar-refractivity contribution >= 4 is 5.82 Å². The highest BCUT2D eigenvalue weighted by atomic mass is 15.3. The minimum absolute atomic E-state index is 0.544. The van der Waals surface area contributed by atoms with Gasteiger partial charge in [0, 0.05) is 37.6 Å². The third kappa shape index (κ3) is 2.99. The maximum Gasteiger partial charge on any atom is 0.129 e. The third-order valence-corrected chi connectivity index (χ3v) is 4.44. The Bertz CT molecular complexity index is 646. The maximum absolute atomic E-state index is 4.63. The minimum Gasteiger partial charge on any atom is -0.347 e. The fraction of sp³-hybridized carbons (Fsp3) is 0.529. The summed E-state index contributed by atoms with van der Waals surface area (Å²) in [7, 11) is 2.16. The first-order chi connectivity index (χ1) is 10.5. The second kappa shape index (κ2) is 6.08. The van der Waals surface area contributed by atoms with E-state index in [4.69, 9.17) is 0 Å². The van der Waals surface area contributed by atoms with Crippen molar-refractivity contribution in [3.05, 3.63) is 41.6 Å². The maximum atomic E-state index is 4.63. The summed E-state index contributed by atoms with van der Waals surface area (Å²) in [5.41, 5.74) is 2.37. The molecule has 0 fully saturated rings. The molecule has 22 heavy (non-hydrogen) atoms. The van der Waals surface area contributed by atoms with Crippen LogP contribution < -0.4 is 4.90 Å². The van der Waals surface area contributed by atoms with Gasteiger partial charge in [0.2, 0.25) is 0 Å². The van der Waals surface area contributed by atoms with Crippen LogP contribution in [0.25, 0.3) is 0 Å². The quantitative estimate of drug-likeness (QED) is 0.869. The first-order valence-electron chi connectivity index (χ1n) is 7.96. The molecular formula is C17H25N5. The summed E-state index contributed by atoms with van der Waals surface area (Å²) in [5, 5.41) is 0. The lowest BCUT2D eigenvalue weighted by atomic mass is 10.3. The van der Waals surface area contributed by atoms with E-state index in [1.54, 1.807) is 0 Å². The highest BCUT2D eigenvalue weighted by molar-refractivity contribution is 5.40. The van der Waals surface area contributed by atoms with Gasteiger partial charge in [-0.1, -0.05) is 6.07 Å². The molecule has 2 aromatic rings. The average Bonchev–Trinajstić information content (AvgIpc) is 2.89. The van der Waals surface area contributed by atoms with Gasteiger partial charge >= 0.3 is 0 Å². The number of hydrogen-bond donors (Lipinski definition) is 0. The Morgan fingerprint density at radius 2 is 2.09 bits per heavy atom. The Labute approximate surface area is 132 Å². The van der Waals surface area contributed by atoms with Crippen molar-refractivity contribution in [1.82, 2.24) is 19.4 Å². The van der Waals surface area contributed by atoms with Crippen LogP contribution in [0, 0.1) is 6.92 Å². The molecule has 0 N–H and O–H groups in total. The third-order valence-electron chi connectivity index (χ3n) is 4.44.